The van der Waals surface area contributed by atoms with Gasteiger partial charge in [0.2, 0.25) is 6.04 Å². The van der Waals surface area contributed by atoms with E-state index in [1.54, 1.807) is 0 Å². The molecule has 1 aliphatic heterocycles. The quantitative estimate of drug-likeness (QED) is 0.398. The van der Waals surface area contributed by atoms with Gasteiger partial charge in [0.15, 0.2) is 0 Å². The van der Waals surface area contributed by atoms with Gasteiger partial charge in [0.05, 0.1) is 12.7 Å². The molecule has 0 spiro atoms. The number of carboxylic acid groups (broad SMARTS) is 1. The Labute approximate surface area is 201 Å². The monoisotopic (exact) mass is 482 g/mol. The van der Waals surface area contributed by atoms with Crippen molar-refractivity contribution in [2.75, 3.05) is 19.8 Å². The number of amides is 2. The number of nitrogens with zero attached hydrogens (tertiary/aromatic N) is 1. The maximum absolute atomic E-state index is 13.0. The first-order valence-electron chi connectivity index (χ1n) is 11.3. The smallest absolute Gasteiger partial charge is 0.408 e. The fourth-order valence-corrected chi connectivity index (χ4v) is 4.66. The number of benzene rings is 2. The molecular formula is C25H26N2O8. The minimum Gasteiger partial charge on any atom is -0.480 e. The van der Waals surface area contributed by atoms with E-state index in [-0.39, 0.29) is 32.1 Å². The molecule has 3 atom stereocenters. The molecule has 4 rings (SSSR count). The summed E-state index contributed by atoms with van der Waals surface area (Å²) in [6.07, 6.45) is -2.26. The number of carbonyl (C=O) groups is 4. The van der Waals surface area contributed by atoms with Crippen LogP contribution in [0.5, 0.6) is 0 Å². The largest absolute Gasteiger partial charge is 0.480 e. The minimum absolute atomic E-state index is 0.0379. The van der Waals surface area contributed by atoms with Gasteiger partial charge in [0.25, 0.3) is 5.91 Å². The topological polar surface area (TPSA) is 142 Å². The predicted octanol–water partition coefficient (Wildman–Crippen LogP) is 1.50. The normalized spacial score (nSPS) is 19.4. The van der Waals surface area contributed by atoms with Gasteiger partial charge in [-0.2, -0.15) is 0 Å². The third kappa shape index (κ3) is 4.83. The maximum Gasteiger partial charge on any atom is 0.408 e. The van der Waals surface area contributed by atoms with E-state index in [1.807, 2.05) is 48.5 Å². The van der Waals surface area contributed by atoms with Crippen LogP contribution in [0.3, 0.4) is 0 Å². The van der Waals surface area contributed by atoms with E-state index >= 15 is 0 Å². The molecule has 2 aromatic rings. The van der Waals surface area contributed by atoms with E-state index in [1.165, 1.54) is 6.92 Å². The van der Waals surface area contributed by atoms with Crippen molar-refractivity contribution in [3.05, 3.63) is 59.7 Å². The fourth-order valence-electron chi connectivity index (χ4n) is 4.66. The van der Waals surface area contributed by atoms with Crippen molar-refractivity contribution in [2.24, 2.45) is 0 Å². The molecule has 0 radical (unpaired) electrons. The molecule has 0 saturated carbocycles. The number of aliphatic hydroxyl groups is 1. The molecule has 35 heavy (non-hydrogen) atoms. The zero-order valence-corrected chi connectivity index (χ0v) is 19.0. The molecule has 1 fully saturated rings. The maximum atomic E-state index is 13.0. The van der Waals surface area contributed by atoms with Crippen molar-refractivity contribution in [3.63, 3.8) is 0 Å². The van der Waals surface area contributed by atoms with E-state index in [4.69, 9.17) is 9.47 Å². The number of aliphatic hydroxyl groups excluding tert-OH is 1. The number of hydrogen-bond donors (Lipinski definition) is 3. The molecule has 1 heterocycles. The zero-order chi connectivity index (χ0) is 25.1. The summed E-state index contributed by atoms with van der Waals surface area (Å²) in [6.45, 7) is 1.16. The Bertz CT molecular complexity index is 1100. The highest BCUT2D eigenvalue weighted by atomic mass is 16.6. The van der Waals surface area contributed by atoms with Crippen LogP contribution in [0.15, 0.2) is 48.5 Å². The molecule has 10 nitrogen and oxygen atoms in total. The van der Waals surface area contributed by atoms with Crippen LogP contribution >= 0.6 is 0 Å². The van der Waals surface area contributed by atoms with Crippen molar-refractivity contribution in [1.29, 1.82) is 0 Å². The molecule has 2 amide bonds. The third-order valence-electron chi connectivity index (χ3n) is 6.22. The number of likely N-dealkylation sites (tertiary alicyclic amines) is 1. The lowest BCUT2D eigenvalue weighted by Crippen LogP contribution is -2.55. The van der Waals surface area contributed by atoms with Gasteiger partial charge in [-0.3, -0.25) is 10.1 Å². The van der Waals surface area contributed by atoms with E-state index < -0.39 is 42.1 Å². The zero-order valence-electron chi connectivity index (χ0n) is 19.0. The van der Waals surface area contributed by atoms with E-state index in [0.29, 0.717) is 0 Å². The van der Waals surface area contributed by atoms with Gasteiger partial charge < -0.3 is 24.6 Å². The number of fused-ring (bicyclic) bond motifs is 3. The van der Waals surface area contributed by atoms with Crippen LogP contribution in [0.1, 0.15) is 30.4 Å². The first-order valence-corrected chi connectivity index (χ1v) is 11.3. The van der Waals surface area contributed by atoms with Crippen molar-refractivity contribution >= 4 is 23.9 Å². The van der Waals surface area contributed by atoms with Crippen LogP contribution in [-0.2, 0) is 23.9 Å². The van der Waals surface area contributed by atoms with Gasteiger partial charge in [-0.05, 0) is 29.2 Å². The summed E-state index contributed by atoms with van der Waals surface area (Å²) in [6, 6.07) is 12.4. The lowest BCUT2D eigenvalue weighted by molar-refractivity contribution is -0.156. The molecular weight excluding hydrogens is 456 g/mol. The van der Waals surface area contributed by atoms with Crippen molar-refractivity contribution < 1.29 is 38.9 Å². The second-order valence-corrected chi connectivity index (χ2v) is 8.39. The molecule has 0 aromatic heterocycles. The summed E-state index contributed by atoms with van der Waals surface area (Å²) in [5, 5.41) is 21.5. The average molecular weight is 482 g/mol. The molecule has 2 aliphatic rings. The van der Waals surface area contributed by atoms with Gasteiger partial charge in [0.1, 0.15) is 12.6 Å². The van der Waals surface area contributed by atoms with E-state index in [0.717, 1.165) is 27.2 Å². The van der Waals surface area contributed by atoms with Crippen LogP contribution < -0.4 is 5.32 Å². The average Bonchev–Trinajstić information content (AvgIpc) is 3.39. The van der Waals surface area contributed by atoms with Crippen LogP contribution in [0, 0.1) is 0 Å². The summed E-state index contributed by atoms with van der Waals surface area (Å²) in [4.78, 5) is 50.5. The Hall–Kier alpha value is -3.92. The van der Waals surface area contributed by atoms with Crippen LogP contribution in [0.4, 0.5) is 4.79 Å². The van der Waals surface area contributed by atoms with Gasteiger partial charge in [-0.15, -0.1) is 0 Å². The highest BCUT2D eigenvalue weighted by molar-refractivity contribution is 6.05. The van der Waals surface area contributed by atoms with Gasteiger partial charge in [-0.1, -0.05) is 48.5 Å². The second-order valence-electron chi connectivity index (χ2n) is 8.39. The first-order chi connectivity index (χ1) is 16.8. The predicted molar refractivity (Wildman–Crippen MR) is 122 cm³/mol. The molecule has 0 bridgehead atoms. The number of alkyl carbamates (subject to hydrolysis) is 1. The summed E-state index contributed by atoms with van der Waals surface area (Å²) in [7, 11) is 0. The minimum atomic E-state index is -1.81. The number of hydrogen-bond acceptors (Lipinski definition) is 7. The molecule has 184 valence electrons. The Kier molecular flexibility index (Phi) is 7.02. The van der Waals surface area contributed by atoms with Crippen LogP contribution in [0.2, 0.25) is 0 Å². The number of ether oxygens (including phenoxy) is 2. The highest BCUT2D eigenvalue weighted by Crippen LogP contribution is 2.44. The molecule has 10 heteroatoms. The summed E-state index contributed by atoms with van der Waals surface area (Å²) in [5.74, 6) is -3.58. The number of carboxylic acids is 1. The Balaban J connectivity index is 1.48. The molecule has 2 aromatic carbocycles. The molecule has 3 N–H and O–H groups in total. The number of aliphatic carboxylic acids is 1. The molecule has 3 unspecified atom stereocenters. The third-order valence-corrected chi connectivity index (χ3v) is 6.22. The lowest BCUT2D eigenvalue weighted by atomic mass is 9.98. The Morgan fingerprint density at radius 2 is 1.63 bits per heavy atom. The fraction of sp³-hybridized carbons (Fsp3) is 0.360. The van der Waals surface area contributed by atoms with Crippen molar-refractivity contribution in [1.82, 2.24) is 10.2 Å². The van der Waals surface area contributed by atoms with Gasteiger partial charge in [0, 0.05) is 18.9 Å². The van der Waals surface area contributed by atoms with Gasteiger partial charge in [-0.25, -0.2) is 14.4 Å². The highest BCUT2D eigenvalue weighted by Gasteiger charge is 2.44. The standard InChI is InChI=1S/C25H26N2O8/c1-2-34-24(32)21(22(29)27-12-14(28)11-20(27)23(30)31)26-25(33)35-13-19-17-9-5-3-7-15(17)16-8-4-6-10-18(16)19/h3-10,14,19-21,28H,2,11-13H2,1H3,(H,26,33)(H,30,31). The van der Waals surface area contributed by atoms with E-state index in [2.05, 4.69) is 5.32 Å². The summed E-state index contributed by atoms with van der Waals surface area (Å²) in [5.41, 5.74) is 4.08. The molecule has 1 aliphatic carbocycles. The van der Waals surface area contributed by atoms with Crippen molar-refractivity contribution in [3.8, 4) is 11.1 Å². The number of β-amino-alcohol motifs (C(OH)–C–C–N with tert-alkyl or cyclic N) is 1. The van der Waals surface area contributed by atoms with Gasteiger partial charge >= 0.3 is 18.0 Å². The van der Waals surface area contributed by atoms with Crippen LogP contribution in [0.25, 0.3) is 11.1 Å². The lowest BCUT2D eigenvalue weighted by Gasteiger charge is -2.26. The Morgan fingerprint density at radius 3 is 2.20 bits per heavy atom. The second kappa shape index (κ2) is 10.1. The first kappa shape index (κ1) is 24.2. The number of carbonyl (C=O) groups excluding carboxylic acids is 3. The van der Waals surface area contributed by atoms with E-state index in [9.17, 15) is 29.4 Å². The number of rotatable bonds is 7. The summed E-state index contributed by atoms with van der Waals surface area (Å²) >= 11 is 0. The summed E-state index contributed by atoms with van der Waals surface area (Å²) < 4.78 is 10.3. The van der Waals surface area contributed by atoms with Crippen molar-refractivity contribution in [2.45, 2.75) is 37.5 Å². The van der Waals surface area contributed by atoms with Crippen LogP contribution in [-0.4, -0.2) is 77.0 Å². The number of esters is 1. The number of nitrogens with one attached hydrogen (secondary N) is 1. The molecule has 1 saturated heterocycles. The SMILES string of the molecule is CCOC(=O)C(NC(=O)OCC1c2ccccc2-c2ccccc21)C(=O)N1CC(O)CC1C(=O)O. The Morgan fingerprint density at radius 1 is 1.03 bits per heavy atom.